The van der Waals surface area contributed by atoms with Crippen molar-refractivity contribution in [1.82, 2.24) is 4.98 Å². The Morgan fingerprint density at radius 2 is 1.80 bits per heavy atom. The van der Waals surface area contributed by atoms with Crippen molar-refractivity contribution in [2.75, 3.05) is 7.11 Å². The third-order valence-corrected chi connectivity index (χ3v) is 3.86. The first-order valence-corrected chi connectivity index (χ1v) is 7.30. The van der Waals surface area contributed by atoms with Gasteiger partial charge in [-0.15, -0.1) is 0 Å². The number of hydrogen-bond acceptors (Lipinski definition) is 4. The monoisotopic (exact) mass is 347 g/mol. The number of pyridine rings is 1. The van der Waals surface area contributed by atoms with Gasteiger partial charge in [-0.2, -0.15) is 13.2 Å². The Balaban J connectivity index is 1.96. The minimum atomic E-state index is -4.61. The Morgan fingerprint density at radius 1 is 1.12 bits per heavy atom. The van der Waals surface area contributed by atoms with Crippen LogP contribution in [-0.2, 0) is 12.6 Å². The van der Waals surface area contributed by atoms with Crippen LogP contribution in [0.5, 0.6) is 5.75 Å². The SMILES string of the molecule is COc1cnc(CC2=CC(=O)c3ccccc3C2=O)cc1C(F)(F)F. The topological polar surface area (TPSA) is 56.3 Å². The van der Waals surface area contributed by atoms with E-state index >= 15 is 0 Å². The predicted molar refractivity (Wildman–Crippen MR) is 82.7 cm³/mol. The zero-order valence-corrected chi connectivity index (χ0v) is 13.1. The Kier molecular flexibility index (Phi) is 4.16. The molecule has 0 N–H and O–H groups in total. The van der Waals surface area contributed by atoms with Gasteiger partial charge in [0, 0.05) is 28.8 Å². The number of fused-ring (bicyclic) bond motifs is 1. The maximum atomic E-state index is 13.1. The number of methoxy groups -OCH3 is 1. The summed E-state index contributed by atoms with van der Waals surface area (Å²) in [7, 11) is 1.12. The van der Waals surface area contributed by atoms with Crippen LogP contribution in [0.2, 0.25) is 0 Å². The normalized spacial score (nSPS) is 14.2. The van der Waals surface area contributed by atoms with E-state index in [1.807, 2.05) is 0 Å². The van der Waals surface area contributed by atoms with Crippen LogP contribution in [0.3, 0.4) is 0 Å². The highest BCUT2D eigenvalue weighted by atomic mass is 19.4. The fourth-order valence-corrected chi connectivity index (χ4v) is 2.66. The highest BCUT2D eigenvalue weighted by Crippen LogP contribution is 2.36. The average molecular weight is 347 g/mol. The molecule has 0 saturated heterocycles. The van der Waals surface area contributed by atoms with Gasteiger partial charge in [0.1, 0.15) is 11.3 Å². The molecule has 1 aliphatic carbocycles. The second-order valence-electron chi connectivity index (χ2n) is 5.46. The predicted octanol–water partition coefficient (Wildman–Crippen LogP) is 3.66. The molecule has 0 atom stereocenters. The molecule has 1 aliphatic rings. The third kappa shape index (κ3) is 3.17. The molecule has 3 rings (SSSR count). The summed E-state index contributed by atoms with van der Waals surface area (Å²) in [5, 5.41) is 0. The number of Topliss-reactive ketones (excluding diaryl/α,β-unsaturated/α-hetero) is 1. The fraction of sp³-hybridized carbons (Fsp3) is 0.167. The first kappa shape index (κ1) is 16.9. The molecule has 0 aliphatic heterocycles. The summed E-state index contributed by atoms with van der Waals surface area (Å²) in [4.78, 5) is 28.5. The molecule has 0 amide bonds. The second kappa shape index (κ2) is 6.16. The van der Waals surface area contributed by atoms with Gasteiger partial charge in [-0.25, -0.2) is 0 Å². The number of carbonyl (C=O) groups excluding carboxylic acids is 2. The maximum absolute atomic E-state index is 13.1. The Hall–Kier alpha value is -2.96. The van der Waals surface area contributed by atoms with Crippen LogP contribution in [0.4, 0.5) is 13.2 Å². The number of ketones is 2. The number of alkyl halides is 3. The molecule has 0 spiro atoms. The first-order chi connectivity index (χ1) is 11.8. The van der Waals surface area contributed by atoms with E-state index in [4.69, 9.17) is 0 Å². The minimum Gasteiger partial charge on any atom is -0.495 e. The molecule has 0 fully saturated rings. The summed E-state index contributed by atoms with van der Waals surface area (Å²) < 4.78 is 43.9. The second-order valence-corrected chi connectivity index (χ2v) is 5.46. The number of rotatable bonds is 3. The van der Waals surface area contributed by atoms with Crippen molar-refractivity contribution in [3.8, 4) is 5.75 Å². The Morgan fingerprint density at radius 3 is 2.44 bits per heavy atom. The molecule has 128 valence electrons. The van der Waals surface area contributed by atoms with Crippen LogP contribution < -0.4 is 4.74 Å². The molecule has 0 unspecified atom stereocenters. The number of benzene rings is 1. The van der Waals surface area contributed by atoms with Gasteiger partial charge in [-0.3, -0.25) is 14.6 Å². The van der Waals surface area contributed by atoms with Crippen LogP contribution >= 0.6 is 0 Å². The zero-order valence-electron chi connectivity index (χ0n) is 13.1. The lowest BCUT2D eigenvalue weighted by atomic mass is 9.87. The van der Waals surface area contributed by atoms with Crippen molar-refractivity contribution in [3.63, 3.8) is 0 Å². The number of hydrogen-bond donors (Lipinski definition) is 0. The number of halogens is 3. The van der Waals surface area contributed by atoms with Crippen LogP contribution in [0, 0.1) is 0 Å². The molecule has 1 aromatic heterocycles. The van der Waals surface area contributed by atoms with E-state index in [1.54, 1.807) is 12.1 Å². The minimum absolute atomic E-state index is 0.0277. The van der Waals surface area contributed by atoms with Gasteiger partial charge in [0.25, 0.3) is 0 Å². The first-order valence-electron chi connectivity index (χ1n) is 7.30. The lowest BCUT2D eigenvalue weighted by molar-refractivity contribution is -0.138. The van der Waals surface area contributed by atoms with E-state index in [0.29, 0.717) is 0 Å². The van der Waals surface area contributed by atoms with E-state index in [2.05, 4.69) is 9.72 Å². The molecule has 4 nitrogen and oxygen atoms in total. The van der Waals surface area contributed by atoms with Crippen molar-refractivity contribution in [2.45, 2.75) is 12.6 Å². The number of allylic oxidation sites excluding steroid dienone is 2. The lowest BCUT2D eigenvalue weighted by Gasteiger charge is -2.16. The summed E-state index contributed by atoms with van der Waals surface area (Å²) in [5.74, 6) is -1.14. The summed E-state index contributed by atoms with van der Waals surface area (Å²) in [5.41, 5.74) is -0.311. The largest absolute Gasteiger partial charge is 0.495 e. The molecular weight excluding hydrogens is 335 g/mol. The molecular formula is C18H12F3NO3. The van der Waals surface area contributed by atoms with Crippen molar-refractivity contribution < 1.29 is 27.5 Å². The Bertz CT molecular complexity index is 901. The lowest BCUT2D eigenvalue weighted by Crippen LogP contribution is -2.18. The van der Waals surface area contributed by atoms with Crippen LogP contribution in [-0.4, -0.2) is 23.7 Å². The summed E-state index contributed by atoms with van der Waals surface area (Å²) in [6, 6.07) is 7.16. The zero-order chi connectivity index (χ0) is 18.2. The van der Waals surface area contributed by atoms with Crippen LogP contribution in [0.1, 0.15) is 32.0 Å². The van der Waals surface area contributed by atoms with Gasteiger partial charge in [0.2, 0.25) is 0 Å². The smallest absolute Gasteiger partial charge is 0.420 e. The fourth-order valence-electron chi connectivity index (χ4n) is 2.66. The third-order valence-electron chi connectivity index (χ3n) is 3.86. The number of ether oxygens (including phenoxy) is 1. The van der Waals surface area contributed by atoms with Gasteiger partial charge in [0.05, 0.1) is 13.3 Å². The van der Waals surface area contributed by atoms with Crippen molar-refractivity contribution in [1.29, 1.82) is 0 Å². The van der Waals surface area contributed by atoms with Gasteiger partial charge < -0.3 is 4.74 Å². The molecule has 0 bridgehead atoms. The highest BCUT2D eigenvalue weighted by molar-refractivity contribution is 6.24. The van der Waals surface area contributed by atoms with E-state index in [-0.39, 0.29) is 40.4 Å². The number of carbonyl (C=O) groups is 2. The molecule has 2 aromatic rings. The molecule has 0 radical (unpaired) electrons. The maximum Gasteiger partial charge on any atom is 0.420 e. The van der Waals surface area contributed by atoms with Crippen molar-refractivity contribution in [3.05, 3.63) is 70.6 Å². The molecule has 1 heterocycles. The summed E-state index contributed by atoms with van der Waals surface area (Å²) >= 11 is 0. The molecule has 0 saturated carbocycles. The van der Waals surface area contributed by atoms with Gasteiger partial charge in [0.15, 0.2) is 11.6 Å². The van der Waals surface area contributed by atoms with Crippen molar-refractivity contribution >= 4 is 11.6 Å². The summed E-state index contributed by atoms with van der Waals surface area (Å²) in [6.45, 7) is 0. The standard InChI is InChI=1S/C18H12F3NO3/c1-25-16-9-22-11(8-14(16)18(19,20)21)6-10-7-15(23)12-4-2-3-5-13(12)17(10)24/h2-5,7-9H,6H2,1H3. The van der Waals surface area contributed by atoms with E-state index in [9.17, 15) is 22.8 Å². The molecule has 25 heavy (non-hydrogen) atoms. The van der Waals surface area contributed by atoms with Gasteiger partial charge in [-0.1, -0.05) is 24.3 Å². The highest BCUT2D eigenvalue weighted by Gasteiger charge is 2.35. The van der Waals surface area contributed by atoms with E-state index in [1.165, 1.54) is 12.1 Å². The molecule has 7 heteroatoms. The number of aromatic nitrogens is 1. The average Bonchev–Trinajstić information content (AvgIpc) is 2.58. The van der Waals surface area contributed by atoms with E-state index in [0.717, 1.165) is 25.4 Å². The van der Waals surface area contributed by atoms with Gasteiger partial charge in [-0.05, 0) is 12.1 Å². The van der Waals surface area contributed by atoms with Crippen LogP contribution in [0.25, 0.3) is 0 Å². The summed E-state index contributed by atoms with van der Waals surface area (Å²) in [6.07, 6.45) is -2.67. The van der Waals surface area contributed by atoms with Gasteiger partial charge >= 0.3 is 6.18 Å². The van der Waals surface area contributed by atoms with Crippen molar-refractivity contribution in [2.24, 2.45) is 0 Å². The van der Waals surface area contributed by atoms with E-state index < -0.39 is 17.5 Å². The van der Waals surface area contributed by atoms with Crippen LogP contribution in [0.15, 0.2) is 48.2 Å². The molecule has 1 aromatic carbocycles. The quantitative estimate of drug-likeness (QED) is 0.850. The number of nitrogens with zero attached hydrogens (tertiary/aromatic N) is 1. The Labute approximate surface area is 141 Å².